The fourth-order valence-electron chi connectivity index (χ4n) is 1.79. The van der Waals surface area contributed by atoms with Crippen LogP contribution in [0.5, 0.6) is 0 Å². The molecular formula is C9H15IN2O2. The number of nitrogens with two attached hydrogens (primary N) is 1. The SMILES string of the molecule is CC[C@@H](C(N)=O)N1C[C@H](CI)CC1=O. The van der Waals surface area contributed by atoms with Gasteiger partial charge in [-0.25, -0.2) is 0 Å². The molecule has 1 rings (SSSR count). The van der Waals surface area contributed by atoms with Gasteiger partial charge in [0.05, 0.1) is 0 Å². The molecule has 2 amide bonds. The van der Waals surface area contributed by atoms with Crippen molar-refractivity contribution in [1.29, 1.82) is 0 Å². The van der Waals surface area contributed by atoms with E-state index in [1.54, 1.807) is 4.90 Å². The summed E-state index contributed by atoms with van der Waals surface area (Å²) in [5, 5.41) is 0. The van der Waals surface area contributed by atoms with Gasteiger partial charge in [0.2, 0.25) is 11.8 Å². The lowest BCUT2D eigenvalue weighted by atomic mass is 10.1. The molecule has 0 bridgehead atoms. The van der Waals surface area contributed by atoms with Crippen molar-refractivity contribution in [2.75, 3.05) is 11.0 Å². The van der Waals surface area contributed by atoms with Crippen molar-refractivity contribution in [3.63, 3.8) is 0 Å². The van der Waals surface area contributed by atoms with E-state index in [0.717, 1.165) is 4.43 Å². The van der Waals surface area contributed by atoms with Crippen molar-refractivity contribution in [3.05, 3.63) is 0 Å². The molecule has 0 aromatic rings. The third kappa shape index (κ3) is 2.37. The summed E-state index contributed by atoms with van der Waals surface area (Å²) < 4.78 is 0.954. The first-order valence-corrected chi connectivity index (χ1v) is 6.27. The fraction of sp³-hybridized carbons (Fsp3) is 0.778. The molecule has 5 heteroatoms. The van der Waals surface area contributed by atoms with Gasteiger partial charge in [0.15, 0.2) is 0 Å². The number of nitrogens with zero attached hydrogens (tertiary/aromatic N) is 1. The highest BCUT2D eigenvalue weighted by Crippen LogP contribution is 2.22. The van der Waals surface area contributed by atoms with Gasteiger partial charge in [-0.3, -0.25) is 9.59 Å². The summed E-state index contributed by atoms with van der Waals surface area (Å²) in [6, 6.07) is -0.407. The van der Waals surface area contributed by atoms with E-state index in [9.17, 15) is 9.59 Å². The Bertz CT molecular complexity index is 245. The van der Waals surface area contributed by atoms with E-state index in [1.807, 2.05) is 6.92 Å². The zero-order valence-electron chi connectivity index (χ0n) is 8.20. The summed E-state index contributed by atoms with van der Waals surface area (Å²) in [4.78, 5) is 24.3. The number of rotatable bonds is 4. The van der Waals surface area contributed by atoms with Crippen LogP contribution < -0.4 is 5.73 Å². The van der Waals surface area contributed by atoms with E-state index in [-0.39, 0.29) is 5.91 Å². The van der Waals surface area contributed by atoms with Crippen molar-refractivity contribution in [1.82, 2.24) is 4.90 Å². The second-order valence-corrected chi connectivity index (χ2v) is 4.48. The first-order chi connectivity index (χ1) is 6.60. The highest BCUT2D eigenvalue weighted by molar-refractivity contribution is 14.1. The lowest BCUT2D eigenvalue weighted by Gasteiger charge is -2.24. The maximum Gasteiger partial charge on any atom is 0.240 e. The van der Waals surface area contributed by atoms with Gasteiger partial charge in [-0.15, -0.1) is 0 Å². The molecule has 1 aliphatic heterocycles. The van der Waals surface area contributed by atoms with E-state index in [1.165, 1.54) is 0 Å². The molecule has 1 saturated heterocycles. The molecule has 2 atom stereocenters. The van der Waals surface area contributed by atoms with Crippen LogP contribution in [0.4, 0.5) is 0 Å². The Morgan fingerprint density at radius 1 is 1.79 bits per heavy atom. The van der Waals surface area contributed by atoms with Crippen LogP contribution in [-0.4, -0.2) is 33.7 Å². The van der Waals surface area contributed by atoms with Crippen molar-refractivity contribution < 1.29 is 9.59 Å². The van der Waals surface area contributed by atoms with E-state index in [0.29, 0.717) is 25.3 Å². The maximum atomic E-state index is 11.6. The third-order valence-electron chi connectivity index (χ3n) is 2.55. The van der Waals surface area contributed by atoms with Crippen LogP contribution in [0.3, 0.4) is 0 Å². The number of halogens is 1. The number of alkyl halides is 1. The largest absolute Gasteiger partial charge is 0.368 e. The van der Waals surface area contributed by atoms with Gasteiger partial charge in [0, 0.05) is 17.4 Å². The predicted octanol–water partition coefficient (Wildman–Crippen LogP) is 0.534. The predicted molar refractivity (Wildman–Crippen MR) is 62.0 cm³/mol. The van der Waals surface area contributed by atoms with E-state index >= 15 is 0 Å². The zero-order valence-corrected chi connectivity index (χ0v) is 10.4. The van der Waals surface area contributed by atoms with Gasteiger partial charge in [-0.05, 0) is 12.3 Å². The van der Waals surface area contributed by atoms with Crippen LogP contribution in [0.15, 0.2) is 0 Å². The van der Waals surface area contributed by atoms with Crippen LogP contribution in [0, 0.1) is 5.92 Å². The minimum absolute atomic E-state index is 0.0670. The number of hydrogen-bond acceptors (Lipinski definition) is 2. The van der Waals surface area contributed by atoms with Crippen LogP contribution in [0.2, 0.25) is 0 Å². The Kier molecular flexibility index (Phi) is 4.15. The van der Waals surface area contributed by atoms with Crippen LogP contribution >= 0.6 is 22.6 Å². The molecule has 0 aromatic heterocycles. The van der Waals surface area contributed by atoms with Crippen molar-refractivity contribution in [2.45, 2.75) is 25.8 Å². The average molecular weight is 310 g/mol. The Labute approximate surface area is 97.3 Å². The van der Waals surface area contributed by atoms with E-state index in [2.05, 4.69) is 22.6 Å². The molecule has 0 unspecified atom stereocenters. The molecule has 14 heavy (non-hydrogen) atoms. The van der Waals surface area contributed by atoms with Gasteiger partial charge >= 0.3 is 0 Å². The summed E-state index contributed by atoms with van der Waals surface area (Å²) >= 11 is 2.27. The average Bonchev–Trinajstić information content (AvgIpc) is 2.48. The number of carbonyl (C=O) groups excluding carboxylic acids is 2. The van der Waals surface area contributed by atoms with Gasteiger partial charge in [0.1, 0.15) is 6.04 Å². The molecular weight excluding hydrogens is 295 g/mol. The number of carbonyl (C=O) groups is 2. The molecule has 0 saturated carbocycles. The Morgan fingerprint density at radius 2 is 2.43 bits per heavy atom. The molecule has 0 radical (unpaired) electrons. The molecule has 4 nitrogen and oxygen atoms in total. The van der Waals surface area contributed by atoms with Gasteiger partial charge in [-0.1, -0.05) is 29.5 Å². The molecule has 0 aromatic carbocycles. The molecule has 0 spiro atoms. The summed E-state index contributed by atoms with van der Waals surface area (Å²) in [7, 11) is 0. The topological polar surface area (TPSA) is 63.4 Å². The summed E-state index contributed by atoms with van der Waals surface area (Å²) in [5.41, 5.74) is 5.24. The number of hydrogen-bond donors (Lipinski definition) is 1. The molecule has 2 N–H and O–H groups in total. The number of likely N-dealkylation sites (tertiary alicyclic amines) is 1. The minimum atomic E-state index is -0.407. The Balaban J connectivity index is 2.68. The van der Waals surface area contributed by atoms with Crippen molar-refractivity contribution in [3.8, 4) is 0 Å². The first kappa shape index (κ1) is 11.7. The monoisotopic (exact) mass is 310 g/mol. The quantitative estimate of drug-likeness (QED) is 0.608. The highest BCUT2D eigenvalue weighted by atomic mass is 127. The van der Waals surface area contributed by atoms with Crippen molar-refractivity contribution >= 4 is 34.4 Å². The molecule has 80 valence electrons. The lowest BCUT2D eigenvalue weighted by molar-refractivity contribution is -0.136. The second-order valence-electron chi connectivity index (χ2n) is 3.60. The number of primary amides is 1. The second kappa shape index (κ2) is 4.95. The van der Waals surface area contributed by atoms with Crippen LogP contribution in [0.25, 0.3) is 0 Å². The van der Waals surface area contributed by atoms with Crippen LogP contribution in [-0.2, 0) is 9.59 Å². The lowest BCUT2D eigenvalue weighted by Crippen LogP contribution is -2.45. The summed E-state index contributed by atoms with van der Waals surface area (Å²) in [6.07, 6.45) is 1.17. The normalized spacial score (nSPS) is 24.0. The molecule has 1 aliphatic rings. The Hall–Kier alpha value is -0.330. The smallest absolute Gasteiger partial charge is 0.240 e. The van der Waals surface area contributed by atoms with Crippen molar-refractivity contribution in [2.24, 2.45) is 11.7 Å². The van der Waals surface area contributed by atoms with Gasteiger partial charge < -0.3 is 10.6 Å². The standard InChI is InChI=1S/C9H15IN2O2/c1-2-7(9(11)14)12-5-6(4-10)3-8(12)13/h6-7H,2-5H2,1H3,(H2,11,14)/t6-,7-/m0/s1. The van der Waals surface area contributed by atoms with Crippen LogP contribution in [0.1, 0.15) is 19.8 Å². The van der Waals surface area contributed by atoms with E-state index < -0.39 is 11.9 Å². The third-order valence-corrected chi connectivity index (χ3v) is 3.79. The molecule has 1 fully saturated rings. The first-order valence-electron chi connectivity index (χ1n) is 4.74. The Morgan fingerprint density at radius 3 is 2.79 bits per heavy atom. The summed E-state index contributed by atoms with van der Waals surface area (Å²) in [5.74, 6) is 0.0591. The highest BCUT2D eigenvalue weighted by Gasteiger charge is 2.35. The van der Waals surface area contributed by atoms with Gasteiger partial charge in [-0.2, -0.15) is 0 Å². The fourth-order valence-corrected chi connectivity index (χ4v) is 2.38. The number of amides is 2. The molecule has 1 heterocycles. The minimum Gasteiger partial charge on any atom is -0.368 e. The summed E-state index contributed by atoms with van der Waals surface area (Å²) in [6.45, 7) is 2.56. The maximum absolute atomic E-state index is 11.6. The van der Waals surface area contributed by atoms with E-state index in [4.69, 9.17) is 5.73 Å². The molecule has 0 aliphatic carbocycles. The van der Waals surface area contributed by atoms with Gasteiger partial charge in [0.25, 0.3) is 0 Å². The zero-order chi connectivity index (χ0) is 10.7.